The number of rotatable bonds is 4. The van der Waals surface area contributed by atoms with E-state index in [0.29, 0.717) is 5.92 Å². The quantitative estimate of drug-likeness (QED) is 0.791. The van der Waals surface area contributed by atoms with Crippen LogP contribution in [0, 0.1) is 0 Å². The van der Waals surface area contributed by atoms with Crippen LogP contribution >= 0.6 is 15.9 Å². The molecule has 0 aromatic heterocycles. The average Bonchev–Trinajstić information content (AvgIpc) is 2.38. The second kappa shape index (κ2) is 6.18. The van der Waals surface area contributed by atoms with Crippen molar-refractivity contribution >= 4 is 15.9 Å². The molecule has 0 saturated carbocycles. The fraction of sp³-hybridized carbons (Fsp3) is 0.600. The van der Waals surface area contributed by atoms with E-state index in [1.165, 1.54) is 5.56 Å². The highest BCUT2D eigenvalue weighted by molar-refractivity contribution is 9.09. The number of morpholine rings is 1. The number of halogens is 1. The van der Waals surface area contributed by atoms with Gasteiger partial charge in [0.25, 0.3) is 0 Å². The van der Waals surface area contributed by atoms with Gasteiger partial charge in [-0.25, -0.2) is 0 Å². The van der Waals surface area contributed by atoms with E-state index in [1.807, 2.05) is 0 Å². The van der Waals surface area contributed by atoms with E-state index in [4.69, 9.17) is 4.74 Å². The minimum absolute atomic E-state index is 0.146. The van der Waals surface area contributed by atoms with Gasteiger partial charge in [0.2, 0.25) is 0 Å². The summed E-state index contributed by atoms with van der Waals surface area (Å²) in [6.07, 6.45) is 0. The summed E-state index contributed by atoms with van der Waals surface area (Å²) in [6, 6.07) is 10.8. The van der Waals surface area contributed by atoms with E-state index in [-0.39, 0.29) is 5.54 Å². The summed E-state index contributed by atoms with van der Waals surface area (Å²) in [5, 5.41) is 1.00. The fourth-order valence-electron chi connectivity index (χ4n) is 2.46. The highest BCUT2D eigenvalue weighted by Crippen LogP contribution is 2.25. The Bertz CT molecular complexity index is 366. The summed E-state index contributed by atoms with van der Waals surface area (Å²) in [4.78, 5) is 2.55. The summed E-state index contributed by atoms with van der Waals surface area (Å²) >= 11 is 3.66. The first-order valence-electron chi connectivity index (χ1n) is 6.57. The van der Waals surface area contributed by atoms with Crippen LogP contribution in [0.2, 0.25) is 0 Å². The zero-order valence-corrected chi connectivity index (χ0v) is 12.8. The summed E-state index contributed by atoms with van der Waals surface area (Å²) in [7, 11) is 0. The minimum atomic E-state index is 0.146. The number of ether oxygens (including phenoxy) is 1. The second-order valence-electron chi connectivity index (χ2n) is 5.57. The number of nitrogens with zero attached hydrogens (tertiary/aromatic N) is 1. The molecule has 0 spiro atoms. The predicted octanol–water partition coefficient (Wildman–Crippen LogP) is 3.28. The molecule has 1 unspecified atom stereocenters. The fourth-order valence-corrected chi connectivity index (χ4v) is 3.04. The largest absolute Gasteiger partial charge is 0.378 e. The van der Waals surface area contributed by atoms with Crippen molar-refractivity contribution in [3.05, 3.63) is 35.9 Å². The van der Waals surface area contributed by atoms with Crippen molar-refractivity contribution in [2.24, 2.45) is 0 Å². The lowest BCUT2D eigenvalue weighted by atomic mass is 9.96. The zero-order chi connectivity index (χ0) is 13.0. The molecule has 0 aliphatic carbocycles. The van der Waals surface area contributed by atoms with Crippen LogP contribution in [0.25, 0.3) is 0 Å². The molecule has 1 fully saturated rings. The van der Waals surface area contributed by atoms with Crippen molar-refractivity contribution < 1.29 is 4.74 Å². The molecule has 1 heterocycles. The van der Waals surface area contributed by atoms with Gasteiger partial charge in [0, 0.05) is 29.9 Å². The van der Waals surface area contributed by atoms with Crippen LogP contribution in [0.15, 0.2) is 30.3 Å². The van der Waals surface area contributed by atoms with Crippen molar-refractivity contribution in [3.63, 3.8) is 0 Å². The molecule has 3 heteroatoms. The van der Waals surface area contributed by atoms with E-state index in [9.17, 15) is 0 Å². The summed E-state index contributed by atoms with van der Waals surface area (Å²) < 4.78 is 5.58. The highest BCUT2D eigenvalue weighted by atomic mass is 79.9. The molecule has 0 bridgehead atoms. The van der Waals surface area contributed by atoms with Crippen molar-refractivity contribution in [2.75, 3.05) is 31.6 Å². The van der Waals surface area contributed by atoms with E-state index < -0.39 is 0 Å². The molecule has 1 atom stereocenters. The third-order valence-electron chi connectivity index (χ3n) is 3.71. The minimum Gasteiger partial charge on any atom is -0.378 e. The first-order valence-corrected chi connectivity index (χ1v) is 7.69. The van der Waals surface area contributed by atoms with Crippen molar-refractivity contribution in [1.29, 1.82) is 0 Å². The van der Waals surface area contributed by atoms with E-state index in [2.05, 4.69) is 65.0 Å². The third-order valence-corrected chi connectivity index (χ3v) is 4.50. The Kier molecular flexibility index (Phi) is 4.82. The number of hydrogen-bond acceptors (Lipinski definition) is 2. The van der Waals surface area contributed by atoms with Gasteiger partial charge in [-0.2, -0.15) is 0 Å². The van der Waals surface area contributed by atoms with Gasteiger partial charge in [0.15, 0.2) is 0 Å². The molecule has 100 valence electrons. The lowest BCUT2D eigenvalue weighted by Gasteiger charge is -2.43. The molecule has 1 aromatic rings. The molecule has 1 saturated heterocycles. The molecule has 1 aliphatic rings. The zero-order valence-electron chi connectivity index (χ0n) is 11.2. The van der Waals surface area contributed by atoms with Crippen LogP contribution in [0.1, 0.15) is 25.3 Å². The molecular formula is C15H22BrNO. The Morgan fingerprint density at radius 2 is 2.06 bits per heavy atom. The topological polar surface area (TPSA) is 12.5 Å². The van der Waals surface area contributed by atoms with E-state index >= 15 is 0 Å². The normalized spacial score (nSPS) is 21.7. The summed E-state index contributed by atoms with van der Waals surface area (Å²) in [6.45, 7) is 8.34. The molecule has 1 aromatic carbocycles. The van der Waals surface area contributed by atoms with E-state index in [1.54, 1.807) is 0 Å². The predicted molar refractivity (Wildman–Crippen MR) is 79.4 cm³/mol. The molecule has 0 radical (unpaired) electrons. The van der Waals surface area contributed by atoms with Crippen LogP contribution in [-0.4, -0.2) is 42.1 Å². The summed E-state index contributed by atoms with van der Waals surface area (Å²) in [5.74, 6) is 0.545. The first kappa shape index (κ1) is 14.0. The Balaban J connectivity index is 2.06. The maximum atomic E-state index is 5.58. The second-order valence-corrected chi connectivity index (χ2v) is 6.22. The van der Waals surface area contributed by atoms with Crippen LogP contribution in [0.5, 0.6) is 0 Å². The monoisotopic (exact) mass is 311 g/mol. The molecule has 18 heavy (non-hydrogen) atoms. The van der Waals surface area contributed by atoms with Crippen molar-refractivity contribution in [3.8, 4) is 0 Å². The average molecular weight is 312 g/mol. The van der Waals surface area contributed by atoms with Gasteiger partial charge in [-0.05, 0) is 19.4 Å². The van der Waals surface area contributed by atoms with Crippen LogP contribution in [0.4, 0.5) is 0 Å². The number of benzene rings is 1. The number of hydrogen-bond donors (Lipinski definition) is 0. The Morgan fingerprint density at radius 3 is 2.67 bits per heavy atom. The maximum Gasteiger partial charge on any atom is 0.0645 e. The third kappa shape index (κ3) is 3.34. The van der Waals surface area contributed by atoms with Gasteiger partial charge in [0.1, 0.15) is 0 Å². The van der Waals surface area contributed by atoms with Gasteiger partial charge < -0.3 is 4.74 Å². The first-order chi connectivity index (χ1) is 8.63. The van der Waals surface area contributed by atoms with Crippen LogP contribution in [0.3, 0.4) is 0 Å². The number of alkyl halides is 1. The molecular weight excluding hydrogens is 290 g/mol. The van der Waals surface area contributed by atoms with Gasteiger partial charge in [-0.1, -0.05) is 46.3 Å². The molecule has 2 nitrogen and oxygen atoms in total. The molecule has 0 amide bonds. The standard InChI is InChI=1S/C15H22BrNO/c1-15(2)12-18-9-8-17(15)11-14(10-16)13-6-4-3-5-7-13/h3-7,14H,8-12H2,1-2H3. The molecule has 1 aliphatic heterocycles. The Morgan fingerprint density at radius 1 is 1.33 bits per heavy atom. The smallest absolute Gasteiger partial charge is 0.0645 e. The van der Waals surface area contributed by atoms with Crippen molar-refractivity contribution in [1.82, 2.24) is 4.90 Å². The Labute approximate surface area is 118 Å². The van der Waals surface area contributed by atoms with Gasteiger partial charge in [0.05, 0.1) is 13.2 Å². The van der Waals surface area contributed by atoms with Crippen molar-refractivity contribution in [2.45, 2.75) is 25.3 Å². The van der Waals surface area contributed by atoms with Crippen LogP contribution in [-0.2, 0) is 4.74 Å². The lowest BCUT2D eigenvalue weighted by molar-refractivity contribution is -0.0525. The van der Waals surface area contributed by atoms with Gasteiger partial charge in [-0.3, -0.25) is 4.90 Å². The Hall–Kier alpha value is -0.380. The van der Waals surface area contributed by atoms with Gasteiger partial charge in [-0.15, -0.1) is 0 Å². The van der Waals surface area contributed by atoms with Crippen LogP contribution < -0.4 is 0 Å². The maximum absolute atomic E-state index is 5.58. The highest BCUT2D eigenvalue weighted by Gasteiger charge is 2.31. The summed E-state index contributed by atoms with van der Waals surface area (Å²) in [5.41, 5.74) is 1.56. The SMILES string of the molecule is CC1(C)COCCN1CC(CBr)c1ccccc1. The van der Waals surface area contributed by atoms with Gasteiger partial charge >= 0.3 is 0 Å². The van der Waals surface area contributed by atoms with E-state index in [0.717, 1.165) is 31.6 Å². The lowest BCUT2D eigenvalue weighted by Crippen LogP contribution is -2.54. The molecule has 2 rings (SSSR count). The molecule has 0 N–H and O–H groups in total.